The number of hydrogen-bond donors (Lipinski definition) is 0. The standard InChI is InChI=1S/C12H15Cl/c1-8-4-5-10-9(6-8)7-12(2,3)11(10)13/h4-6,11H,7H2,1-3H3. The van der Waals surface area contributed by atoms with Crippen molar-refractivity contribution in [2.75, 3.05) is 0 Å². The second kappa shape index (κ2) is 2.75. The molecule has 0 saturated carbocycles. The normalized spacial score (nSPS) is 24.5. The Morgan fingerprint density at radius 1 is 1.38 bits per heavy atom. The third kappa shape index (κ3) is 1.38. The molecule has 0 amide bonds. The van der Waals surface area contributed by atoms with Crippen LogP contribution in [0, 0.1) is 12.3 Å². The van der Waals surface area contributed by atoms with E-state index >= 15 is 0 Å². The summed E-state index contributed by atoms with van der Waals surface area (Å²) in [6.45, 7) is 6.61. The lowest BCUT2D eigenvalue weighted by molar-refractivity contribution is 0.379. The summed E-state index contributed by atoms with van der Waals surface area (Å²) in [6.07, 6.45) is 1.11. The van der Waals surface area contributed by atoms with Gasteiger partial charge >= 0.3 is 0 Å². The molecule has 0 saturated heterocycles. The number of fused-ring (bicyclic) bond motifs is 1. The van der Waals surface area contributed by atoms with Gasteiger partial charge in [0, 0.05) is 0 Å². The number of aryl methyl sites for hydroxylation is 1. The maximum absolute atomic E-state index is 6.39. The first-order chi connectivity index (χ1) is 6.00. The summed E-state index contributed by atoms with van der Waals surface area (Å²) in [4.78, 5) is 0. The summed E-state index contributed by atoms with van der Waals surface area (Å²) >= 11 is 6.39. The highest BCUT2D eigenvalue weighted by Crippen LogP contribution is 2.49. The molecular formula is C12H15Cl. The molecule has 1 heteroatoms. The zero-order valence-corrected chi connectivity index (χ0v) is 9.15. The molecule has 0 heterocycles. The van der Waals surface area contributed by atoms with Gasteiger partial charge in [-0.05, 0) is 29.9 Å². The van der Waals surface area contributed by atoms with Gasteiger partial charge in [0.2, 0.25) is 0 Å². The second-order valence-electron chi connectivity index (χ2n) is 4.73. The van der Waals surface area contributed by atoms with Gasteiger partial charge in [-0.2, -0.15) is 0 Å². The SMILES string of the molecule is Cc1ccc2c(c1)CC(C)(C)C2Cl. The highest BCUT2D eigenvalue weighted by atomic mass is 35.5. The predicted octanol–water partition coefficient (Wildman–Crippen LogP) is 3.86. The van der Waals surface area contributed by atoms with Crippen molar-refractivity contribution in [1.82, 2.24) is 0 Å². The summed E-state index contributed by atoms with van der Waals surface area (Å²) in [5, 5.41) is 0.183. The Labute approximate surface area is 84.9 Å². The molecule has 1 aliphatic carbocycles. The Hall–Kier alpha value is -0.490. The lowest BCUT2D eigenvalue weighted by Crippen LogP contribution is -2.12. The summed E-state index contributed by atoms with van der Waals surface area (Å²) in [5.74, 6) is 0. The molecule has 1 aromatic rings. The molecule has 70 valence electrons. The highest BCUT2D eigenvalue weighted by molar-refractivity contribution is 6.21. The maximum Gasteiger partial charge on any atom is 0.0642 e. The van der Waals surface area contributed by atoms with E-state index in [4.69, 9.17) is 11.6 Å². The van der Waals surface area contributed by atoms with Gasteiger partial charge in [-0.15, -0.1) is 11.6 Å². The first kappa shape index (κ1) is 9.08. The minimum atomic E-state index is 0.183. The zero-order valence-electron chi connectivity index (χ0n) is 8.39. The third-order valence-electron chi connectivity index (χ3n) is 2.90. The van der Waals surface area contributed by atoms with Crippen LogP contribution in [-0.4, -0.2) is 0 Å². The van der Waals surface area contributed by atoms with Gasteiger partial charge in [-0.1, -0.05) is 37.6 Å². The zero-order chi connectivity index (χ0) is 9.64. The average molecular weight is 195 g/mol. The molecule has 13 heavy (non-hydrogen) atoms. The molecule has 1 aromatic carbocycles. The molecule has 0 fully saturated rings. The van der Waals surface area contributed by atoms with Crippen LogP contribution >= 0.6 is 11.6 Å². The van der Waals surface area contributed by atoms with E-state index in [0.717, 1.165) is 6.42 Å². The first-order valence-electron chi connectivity index (χ1n) is 4.74. The van der Waals surface area contributed by atoms with E-state index in [2.05, 4.69) is 39.0 Å². The van der Waals surface area contributed by atoms with Crippen molar-refractivity contribution < 1.29 is 0 Å². The molecule has 0 aromatic heterocycles. The highest BCUT2D eigenvalue weighted by Gasteiger charge is 2.37. The van der Waals surface area contributed by atoms with Crippen LogP contribution in [0.3, 0.4) is 0 Å². The molecular weight excluding hydrogens is 180 g/mol. The average Bonchev–Trinajstić information content (AvgIpc) is 2.22. The molecule has 1 unspecified atom stereocenters. The summed E-state index contributed by atoms with van der Waals surface area (Å²) < 4.78 is 0. The lowest BCUT2D eigenvalue weighted by Gasteiger charge is -2.21. The first-order valence-corrected chi connectivity index (χ1v) is 5.18. The van der Waals surface area contributed by atoms with Crippen LogP contribution in [0.2, 0.25) is 0 Å². The van der Waals surface area contributed by atoms with Crippen LogP contribution in [0.1, 0.15) is 35.9 Å². The number of alkyl halides is 1. The molecule has 2 rings (SSSR count). The van der Waals surface area contributed by atoms with Crippen molar-refractivity contribution in [3.63, 3.8) is 0 Å². The third-order valence-corrected chi connectivity index (χ3v) is 3.73. The molecule has 1 atom stereocenters. The Balaban J connectivity index is 2.50. The topological polar surface area (TPSA) is 0 Å². The van der Waals surface area contributed by atoms with Gasteiger partial charge in [-0.25, -0.2) is 0 Å². The predicted molar refractivity (Wildman–Crippen MR) is 57.3 cm³/mol. The number of rotatable bonds is 0. The van der Waals surface area contributed by atoms with Gasteiger partial charge in [0.25, 0.3) is 0 Å². The number of benzene rings is 1. The summed E-state index contributed by atoms with van der Waals surface area (Å²) in [7, 11) is 0. The fraction of sp³-hybridized carbons (Fsp3) is 0.500. The smallest absolute Gasteiger partial charge is 0.0642 e. The number of halogens is 1. The van der Waals surface area contributed by atoms with Crippen LogP contribution in [0.25, 0.3) is 0 Å². The molecule has 0 radical (unpaired) electrons. The number of hydrogen-bond acceptors (Lipinski definition) is 0. The van der Waals surface area contributed by atoms with Crippen molar-refractivity contribution in [1.29, 1.82) is 0 Å². The van der Waals surface area contributed by atoms with Crippen LogP contribution in [0.4, 0.5) is 0 Å². The van der Waals surface area contributed by atoms with Crippen LogP contribution in [0.5, 0.6) is 0 Å². The van der Waals surface area contributed by atoms with E-state index in [1.165, 1.54) is 16.7 Å². The van der Waals surface area contributed by atoms with Crippen molar-refractivity contribution in [2.45, 2.75) is 32.6 Å². The van der Waals surface area contributed by atoms with Gasteiger partial charge in [0.05, 0.1) is 5.38 Å². The summed E-state index contributed by atoms with van der Waals surface area (Å²) in [5.41, 5.74) is 4.32. The maximum atomic E-state index is 6.39. The quantitative estimate of drug-likeness (QED) is 0.551. The van der Waals surface area contributed by atoms with Crippen LogP contribution in [-0.2, 0) is 6.42 Å². The van der Waals surface area contributed by atoms with Crippen LogP contribution < -0.4 is 0 Å². The largest absolute Gasteiger partial charge is 0.117 e. The van der Waals surface area contributed by atoms with E-state index in [9.17, 15) is 0 Å². The van der Waals surface area contributed by atoms with E-state index in [-0.39, 0.29) is 10.8 Å². The van der Waals surface area contributed by atoms with Gasteiger partial charge in [0.15, 0.2) is 0 Å². The Bertz CT molecular complexity index is 339. The molecule has 0 bridgehead atoms. The van der Waals surface area contributed by atoms with Crippen LogP contribution in [0.15, 0.2) is 18.2 Å². The molecule has 0 aliphatic heterocycles. The molecule has 1 aliphatic rings. The van der Waals surface area contributed by atoms with E-state index in [1.54, 1.807) is 0 Å². The van der Waals surface area contributed by atoms with E-state index in [1.807, 2.05) is 0 Å². The van der Waals surface area contributed by atoms with Crippen molar-refractivity contribution in [3.8, 4) is 0 Å². The Morgan fingerprint density at radius 2 is 2.08 bits per heavy atom. The van der Waals surface area contributed by atoms with Crippen molar-refractivity contribution in [2.24, 2.45) is 5.41 Å². The van der Waals surface area contributed by atoms with Crippen molar-refractivity contribution >= 4 is 11.6 Å². The summed E-state index contributed by atoms with van der Waals surface area (Å²) in [6, 6.07) is 6.59. The lowest BCUT2D eigenvalue weighted by atomic mass is 9.90. The minimum absolute atomic E-state index is 0.183. The van der Waals surface area contributed by atoms with Gasteiger partial charge in [-0.3, -0.25) is 0 Å². The van der Waals surface area contributed by atoms with E-state index in [0.29, 0.717) is 0 Å². The van der Waals surface area contributed by atoms with Gasteiger partial charge in [0.1, 0.15) is 0 Å². The van der Waals surface area contributed by atoms with Crippen molar-refractivity contribution in [3.05, 3.63) is 34.9 Å². The van der Waals surface area contributed by atoms with E-state index < -0.39 is 0 Å². The second-order valence-corrected chi connectivity index (χ2v) is 5.17. The fourth-order valence-corrected chi connectivity index (χ4v) is 2.43. The van der Waals surface area contributed by atoms with Gasteiger partial charge < -0.3 is 0 Å². The minimum Gasteiger partial charge on any atom is -0.117 e. The Kier molecular flexibility index (Phi) is 1.92. The molecule has 0 nitrogen and oxygen atoms in total. The molecule has 0 spiro atoms. The monoisotopic (exact) mass is 194 g/mol. The fourth-order valence-electron chi connectivity index (χ4n) is 2.14. The Morgan fingerprint density at radius 3 is 2.77 bits per heavy atom. The molecule has 0 N–H and O–H groups in total.